The zero-order valence-electron chi connectivity index (χ0n) is 5.09. The van der Waals surface area contributed by atoms with Gasteiger partial charge in [-0.1, -0.05) is 0 Å². The van der Waals surface area contributed by atoms with E-state index in [1.165, 1.54) is 0 Å². The van der Waals surface area contributed by atoms with Gasteiger partial charge in [-0.15, -0.1) is 0 Å². The smallest absolute Gasteiger partial charge is 0.139 e. The fraction of sp³-hybridized carbons (Fsp3) is 0.800. The summed E-state index contributed by atoms with van der Waals surface area (Å²) in [6, 6.07) is -0.00231. The minimum atomic E-state index is -0.00231. The summed E-state index contributed by atoms with van der Waals surface area (Å²) in [5, 5.41) is 0. The Morgan fingerprint density at radius 3 is 3.33 bits per heavy atom. The number of hydrazine groups is 1. The monoisotopic (exact) mass is 146 g/mol. The van der Waals surface area contributed by atoms with Crippen LogP contribution in [0.3, 0.4) is 0 Å². The first-order valence-corrected chi connectivity index (χ1v) is 4.10. The van der Waals surface area contributed by atoms with E-state index in [2.05, 4.69) is 10.9 Å². The van der Waals surface area contributed by atoms with Gasteiger partial charge in [-0.05, 0) is 0 Å². The lowest BCUT2D eigenvalue weighted by Crippen LogP contribution is -2.41. The normalized spacial score (nSPS) is 29.1. The number of carbonyl (C=O) groups excluding carboxylic acids is 1. The van der Waals surface area contributed by atoms with Gasteiger partial charge in [-0.25, -0.2) is 5.43 Å². The van der Waals surface area contributed by atoms with Crippen LogP contribution in [0.2, 0.25) is 0 Å². The van der Waals surface area contributed by atoms with Crippen molar-refractivity contribution in [1.82, 2.24) is 10.9 Å². The maximum Gasteiger partial charge on any atom is 0.139 e. The summed E-state index contributed by atoms with van der Waals surface area (Å²) >= 11 is 1.79. The molecule has 0 saturated carbocycles. The highest BCUT2D eigenvalue weighted by Gasteiger charge is 2.08. The second-order valence-corrected chi connectivity index (χ2v) is 3.04. The van der Waals surface area contributed by atoms with Gasteiger partial charge in [0.15, 0.2) is 0 Å². The zero-order valence-corrected chi connectivity index (χ0v) is 5.91. The van der Waals surface area contributed by atoms with Crippen molar-refractivity contribution in [2.24, 2.45) is 0 Å². The van der Waals surface area contributed by atoms with E-state index < -0.39 is 0 Å². The van der Waals surface area contributed by atoms with Crippen LogP contribution in [0.15, 0.2) is 0 Å². The minimum absolute atomic E-state index is 0.00231. The largest absolute Gasteiger partial charge is 0.302 e. The summed E-state index contributed by atoms with van der Waals surface area (Å²) in [5.74, 6) is 1.97. The van der Waals surface area contributed by atoms with Crippen LogP contribution >= 0.6 is 11.8 Å². The van der Waals surface area contributed by atoms with E-state index in [9.17, 15) is 4.79 Å². The van der Waals surface area contributed by atoms with Gasteiger partial charge in [0.25, 0.3) is 0 Å². The molecule has 1 atom stereocenters. The molecule has 0 aliphatic carbocycles. The average Bonchev–Trinajstić information content (AvgIpc) is 2.13. The molecule has 1 saturated heterocycles. The van der Waals surface area contributed by atoms with Gasteiger partial charge in [0.1, 0.15) is 6.29 Å². The summed E-state index contributed by atoms with van der Waals surface area (Å²) in [7, 11) is 0. The van der Waals surface area contributed by atoms with Gasteiger partial charge < -0.3 is 4.79 Å². The number of thioether (sulfide) groups is 1. The molecule has 0 aromatic carbocycles. The number of hydrogen-bond donors (Lipinski definition) is 2. The molecule has 1 fully saturated rings. The highest BCUT2D eigenvalue weighted by molar-refractivity contribution is 7.99. The topological polar surface area (TPSA) is 41.1 Å². The van der Waals surface area contributed by atoms with Gasteiger partial charge >= 0.3 is 0 Å². The number of aldehydes is 1. The first-order valence-electron chi connectivity index (χ1n) is 2.95. The maximum absolute atomic E-state index is 10.2. The molecule has 1 heterocycles. The Hall–Kier alpha value is -0.0600. The van der Waals surface area contributed by atoms with Crippen molar-refractivity contribution in [2.45, 2.75) is 6.04 Å². The molecule has 0 amide bonds. The van der Waals surface area contributed by atoms with E-state index >= 15 is 0 Å². The Morgan fingerprint density at radius 1 is 1.67 bits per heavy atom. The van der Waals surface area contributed by atoms with E-state index in [1.54, 1.807) is 11.8 Å². The molecule has 0 aromatic rings. The SMILES string of the molecule is O=CC1CSCCNN1. The molecule has 0 radical (unpaired) electrons. The number of nitrogens with one attached hydrogen (secondary N) is 2. The van der Waals surface area contributed by atoms with Crippen LogP contribution in [0.1, 0.15) is 0 Å². The minimum Gasteiger partial charge on any atom is -0.302 e. The molecule has 1 unspecified atom stereocenters. The molecular formula is C5H10N2OS. The zero-order chi connectivity index (χ0) is 6.53. The van der Waals surface area contributed by atoms with Gasteiger partial charge in [0.05, 0.1) is 6.04 Å². The van der Waals surface area contributed by atoms with Crippen LogP contribution in [-0.4, -0.2) is 30.4 Å². The second kappa shape index (κ2) is 3.87. The van der Waals surface area contributed by atoms with Crippen molar-refractivity contribution in [3.63, 3.8) is 0 Å². The molecule has 52 valence electrons. The maximum atomic E-state index is 10.2. The van der Waals surface area contributed by atoms with Crippen LogP contribution in [0.5, 0.6) is 0 Å². The predicted octanol–water partition coefficient (Wildman–Crippen LogP) is -0.605. The molecular weight excluding hydrogens is 136 g/mol. The molecule has 0 bridgehead atoms. The van der Waals surface area contributed by atoms with Gasteiger partial charge in [-0.2, -0.15) is 11.8 Å². The molecule has 1 aliphatic heterocycles. The summed E-state index contributed by atoms with van der Waals surface area (Å²) in [5.41, 5.74) is 5.84. The van der Waals surface area contributed by atoms with E-state index in [0.29, 0.717) is 0 Å². The highest BCUT2D eigenvalue weighted by atomic mass is 32.2. The average molecular weight is 146 g/mol. The summed E-state index contributed by atoms with van der Waals surface area (Å²) in [6.07, 6.45) is 0.936. The first-order chi connectivity index (χ1) is 4.43. The summed E-state index contributed by atoms with van der Waals surface area (Å²) in [6.45, 7) is 0.939. The molecule has 0 aromatic heterocycles. The summed E-state index contributed by atoms with van der Waals surface area (Å²) in [4.78, 5) is 10.2. The fourth-order valence-electron chi connectivity index (χ4n) is 0.652. The third kappa shape index (κ3) is 2.34. The van der Waals surface area contributed by atoms with Crippen LogP contribution < -0.4 is 10.9 Å². The second-order valence-electron chi connectivity index (χ2n) is 1.89. The Labute approximate surface area is 58.5 Å². The van der Waals surface area contributed by atoms with E-state index in [1.807, 2.05) is 0 Å². The third-order valence-corrected chi connectivity index (χ3v) is 2.21. The molecule has 9 heavy (non-hydrogen) atoms. The number of carbonyl (C=O) groups is 1. The molecule has 2 N–H and O–H groups in total. The standard InChI is InChI=1S/C5H10N2OS/c8-3-5-4-9-2-1-6-7-5/h3,5-7H,1-2,4H2. The Morgan fingerprint density at radius 2 is 2.56 bits per heavy atom. The van der Waals surface area contributed by atoms with Crippen LogP contribution in [0.4, 0.5) is 0 Å². The number of rotatable bonds is 1. The van der Waals surface area contributed by atoms with Crippen molar-refractivity contribution >= 4 is 18.0 Å². The van der Waals surface area contributed by atoms with Crippen molar-refractivity contribution in [2.75, 3.05) is 18.1 Å². The molecule has 3 nitrogen and oxygen atoms in total. The fourth-order valence-corrected chi connectivity index (χ4v) is 1.48. The predicted molar refractivity (Wildman–Crippen MR) is 38.3 cm³/mol. The lowest BCUT2D eigenvalue weighted by molar-refractivity contribution is -0.109. The van der Waals surface area contributed by atoms with Gasteiger partial charge in [-0.3, -0.25) is 5.43 Å². The lowest BCUT2D eigenvalue weighted by atomic mass is 10.4. The third-order valence-electron chi connectivity index (χ3n) is 1.12. The Balaban J connectivity index is 2.26. The van der Waals surface area contributed by atoms with Crippen molar-refractivity contribution in [3.05, 3.63) is 0 Å². The molecule has 0 spiro atoms. The van der Waals surface area contributed by atoms with Crippen LogP contribution in [-0.2, 0) is 4.79 Å². The first kappa shape index (κ1) is 7.05. The Kier molecular flexibility index (Phi) is 3.03. The van der Waals surface area contributed by atoms with E-state index in [0.717, 1.165) is 24.3 Å². The van der Waals surface area contributed by atoms with Gasteiger partial charge in [0.2, 0.25) is 0 Å². The highest BCUT2D eigenvalue weighted by Crippen LogP contribution is 2.01. The molecule has 1 rings (SSSR count). The van der Waals surface area contributed by atoms with E-state index in [4.69, 9.17) is 0 Å². The van der Waals surface area contributed by atoms with Crippen molar-refractivity contribution < 1.29 is 4.79 Å². The number of hydrogen-bond acceptors (Lipinski definition) is 4. The molecule has 4 heteroatoms. The van der Waals surface area contributed by atoms with Crippen LogP contribution in [0, 0.1) is 0 Å². The Bertz CT molecular complexity index is 91.0. The molecule has 1 aliphatic rings. The van der Waals surface area contributed by atoms with E-state index in [-0.39, 0.29) is 6.04 Å². The summed E-state index contributed by atoms with van der Waals surface area (Å²) < 4.78 is 0. The van der Waals surface area contributed by atoms with Gasteiger partial charge in [0, 0.05) is 18.1 Å². The lowest BCUT2D eigenvalue weighted by Gasteiger charge is -2.05. The van der Waals surface area contributed by atoms with Crippen molar-refractivity contribution in [3.8, 4) is 0 Å². The van der Waals surface area contributed by atoms with Crippen LogP contribution in [0.25, 0.3) is 0 Å². The van der Waals surface area contributed by atoms with Crippen molar-refractivity contribution in [1.29, 1.82) is 0 Å². The quantitative estimate of drug-likeness (QED) is 0.484.